The van der Waals surface area contributed by atoms with Crippen LogP contribution in [0.4, 0.5) is 4.79 Å². The van der Waals surface area contributed by atoms with Crippen molar-refractivity contribution >= 4 is 6.09 Å². The third-order valence-electron chi connectivity index (χ3n) is 2.84. The Morgan fingerprint density at radius 1 is 1.10 bits per heavy atom. The molecule has 4 nitrogen and oxygen atoms in total. The summed E-state index contributed by atoms with van der Waals surface area (Å²) in [6.07, 6.45) is 0.598. The van der Waals surface area contributed by atoms with Gasteiger partial charge in [0.1, 0.15) is 5.60 Å². The third kappa shape index (κ3) is 8.35. The van der Waals surface area contributed by atoms with Crippen LogP contribution in [0.25, 0.3) is 0 Å². The number of alkyl carbamates (subject to hydrolysis) is 1. The molecule has 0 heterocycles. The van der Waals surface area contributed by atoms with Gasteiger partial charge in [-0.15, -0.1) is 0 Å². The maximum atomic E-state index is 11.8. The lowest BCUT2D eigenvalue weighted by atomic mass is 10.1. The second-order valence-corrected chi connectivity index (χ2v) is 6.92. The number of amides is 1. The van der Waals surface area contributed by atoms with Gasteiger partial charge >= 0.3 is 6.09 Å². The number of carbonyl (C=O) groups is 1. The monoisotopic (exact) mass is 292 g/mol. The largest absolute Gasteiger partial charge is 0.444 e. The Morgan fingerprint density at radius 2 is 1.71 bits per heavy atom. The van der Waals surface area contributed by atoms with Gasteiger partial charge in [0.2, 0.25) is 0 Å². The molecule has 0 aliphatic carbocycles. The highest BCUT2D eigenvalue weighted by Crippen LogP contribution is 2.09. The van der Waals surface area contributed by atoms with Crippen LogP contribution in [-0.2, 0) is 11.2 Å². The molecule has 1 aromatic carbocycles. The Bertz CT molecular complexity index is 436. The summed E-state index contributed by atoms with van der Waals surface area (Å²) in [7, 11) is 0. The van der Waals surface area contributed by atoms with Crippen LogP contribution in [0.15, 0.2) is 30.3 Å². The first-order valence-electron chi connectivity index (χ1n) is 7.44. The van der Waals surface area contributed by atoms with Crippen molar-refractivity contribution in [3.8, 4) is 0 Å². The van der Waals surface area contributed by atoms with Gasteiger partial charge in [-0.3, -0.25) is 0 Å². The second kappa shape index (κ2) is 7.46. The van der Waals surface area contributed by atoms with E-state index in [2.05, 4.69) is 22.8 Å². The Kier molecular flexibility index (Phi) is 6.21. The van der Waals surface area contributed by atoms with Crippen molar-refractivity contribution in [2.75, 3.05) is 13.1 Å². The van der Waals surface area contributed by atoms with Crippen molar-refractivity contribution < 1.29 is 9.53 Å². The molecule has 0 aliphatic heterocycles. The topological polar surface area (TPSA) is 50.4 Å². The van der Waals surface area contributed by atoms with Crippen molar-refractivity contribution in [2.24, 2.45) is 0 Å². The van der Waals surface area contributed by atoms with Gasteiger partial charge in [-0.2, -0.15) is 0 Å². The van der Waals surface area contributed by atoms with Gasteiger partial charge in [0, 0.05) is 6.54 Å². The fraction of sp³-hybridized carbons (Fsp3) is 0.588. The van der Waals surface area contributed by atoms with Crippen LogP contribution in [0.2, 0.25) is 0 Å². The standard InChI is InChI=1S/C17H28N2O2/c1-16(2,3)21-15(20)19-17(4,5)13-18-12-11-14-9-7-6-8-10-14/h6-10,18H,11-13H2,1-5H3,(H,19,20). The van der Waals surface area contributed by atoms with E-state index in [1.165, 1.54) is 5.56 Å². The molecule has 4 heteroatoms. The van der Waals surface area contributed by atoms with E-state index in [-0.39, 0.29) is 11.6 Å². The highest BCUT2D eigenvalue weighted by Gasteiger charge is 2.24. The molecule has 0 aromatic heterocycles. The summed E-state index contributed by atoms with van der Waals surface area (Å²) in [5.74, 6) is 0. The molecule has 1 rings (SSSR count). The number of carbonyl (C=O) groups excluding carboxylic acids is 1. The SMILES string of the molecule is CC(C)(CNCCc1ccccc1)NC(=O)OC(C)(C)C. The lowest BCUT2D eigenvalue weighted by Crippen LogP contribution is -2.51. The number of rotatable bonds is 6. The fourth-order valence-electron chi connectivity index (χ4n) is 1.90. The summed E-state index contributed by atoms with van der Waals surface area (Å²) in [6, 6.07) is 10.3. The summed E-state index contributed by atoms with van der Waals surface area (Å²) < 4.78 is 5.27. The first-order chi connectivity index (χ1) is 9.68. The quantitative estimate of drug-likeness (QED) is 0.792. The molecular weight excluding hydrogens is 264 g/mol. The molecule has 0 atom stereocenters. The number of hydrogen-bond donors (Lipinski definition) is 2. The second-order valence-electron chi connectivity index (χ2n) is 6.92. The van der Waals surface area contributed by atoms with Crippen molar-refractivity contribution in [3.63, 3.8) is 0 Å². The summed E-state index contributed by atoms with van der Waals surface area (Å²) in [6.45, 7) is 11.1. The van der Waals surface area contributed by atoms with Crippen molar-refractivity contribution in [1.82, 2.24) is 10.6 Å². The molecule has 0 unspecified atom stereocenters. The number of nitrogens with one attached hydrogen (secondary N) is 2. The van der Waals surface area contributed by atoms with Crippen LogP contribution in [0, 0.1) is 0 Å². The molecule has 0 radical (unpaired) electrons. The number of hydrogen-bond acceptors (Lipinski definition) is 3. The van der Waals surface area contributed by atoms with E-state index in [0.29, 0.717) is 6.54 Å². The summed E-state index contributed by atoms with van der Waals surface area (Å²) in [5, 5.41) is 6.26. The first kappa shape index (κ1) is 17.5. The molecule has 0 saturated heterocycles. The average Bonchev–Trinajstić information content (AvgIpc) is 2.33. The Labute approximate surface area is 128 Å². The molecule has 118 valence electrons. The van der Waals surface area contributed by atoms with E-state index in [4.69, 9.17) is 4.74 Å². The highest BCUT2D eigenvalue weighted by molar-refractivity contribution is 5.68. The Morgan fingerprint density at radius 3 is 2.29 bits per heavy atom. The molecule has 21 heavy (non-hydrogen) atoms. The lowest BCUT2D eigenvalue weighted by molar-refractivity contribution is 0.0472. The predicted octanol–water partition coefficient (Wildman–Crippen LogP) is 3.12. The summed E-state index contributed by atoms with van der Waals surface area (Å²) in [4.78, 5) is 11.8. The smallest absolute Gasteiger partial charge is 0.408 e. The molecule has 1 aromatic rings. The van der Waals surface area contributed by atoms with Crippen LogP contribution in [0.1, 0.15) is 40.2 Å². The van der Waals surface area contributed by atoms with E-state index < -0.39 is 5.60 Å². The molecule has 0 bridgehead atoms. The molecule has 0 saturated carbocycles. The van der Waals surface area contributed by atoms with Gasteiger partial charge in [0.25, 0.3) is 0 Å². The average molecular weight is 292 g/mol. The third-order valence-corrected chi connectivity index (χ3v) is 2.84. The zero-order chi connectivity index (χ0) is 15.9. The number of benzene rings is 1. The molecule has 0 aliphatic rings. The zero-order valence-electron chi connectivity index (χ0n) is 13.8. The molecule has 0 spiro atoms. The minimum absolute atomic E-state index is 0.348. The Hall–Kier alpha value is -1.55. The van der Waals surface area contributed by atoms with E-state index in [9.17, 15) is 4.79 Å². The van der Waals surface area contributed by atoms with Crippen molar-refractivity contribution in [3.05, 3.63) is 35.9 Å². The minimum atomic E-state index is -0.471. The summed E-state index contributed by atoms with van der Waals surface area (Å²) in [5.41, 5.74) is 0.489. The van der Waals surface area contributed by atoms with Crippen LogP contribution >= 0.6 is 0 Å². The lowest BCUT2D eigenvalue weighted by Gasteiger charge is -2.29. The van der Waals surface area contributed by atoms with Crippen LogP contribution in [-0.4, -0.2) is 30.3 Å². The maximum Gasteiger partial charge on any atom is 0.408 e. The molecule has 2 N–H and O–H groups in total. The zero-order valence-corrected chi connectivity index (χ0v) is 13.8. The van der Waals surface area contributed by atoms with Gasteiger partial charge in [-0.25, -0.2) is 4.79 Å². The Balaban J connectivity index is 2.28. The minimum Gasteiger partial charge on any atom is -0.444 e. The van der Waals surface area contributed by atoms with E-state index in [1.54, 1.807) is 0 Å². The van der Waals surface area contributed by atoms with E-state index in [0.717, 1.165) is 13.0 Å². The van der Waals surface area contributed by atoms with Crippen LogP contribution in [0.3, 0.4) is 0 Å². The van der Waals surface area contributed by atoms with E-state index in [1.807, 2.05) is 52.8 Å². The predicted molar refractivity (Wildman–Crippen MR) is 86.5 cm³/mol. The van der Waals surface area contributed by atoms with Gasteiger partial charge < -0.3 is 15.4 Å². The van der Waals surface area contributed by atoms with Crippen molar-refractivity contribution in [2.45, 2.75) is 52.2 Å². The highest BCUT2D eigenvalue weighted by atomic mass is 16.6. The van der Waals surface area contributed by atoms with Gasteiger partial charge in [0.05, 0.1) is 5.54 Å². The van der Waals surface area contributed by atoms with Gasteiger partial charge in [-0.1, -0.05) is 30.3 Å². The summed E-state index contributed by atoms with van der Waals surface area (Å²) >= 11 is 0. The maximum absolute atomic E-state index is 11.8. The molecule has 1 amide bonds. The van der Waals surface area contributed by atoms with Crippen LogP contribution < -0.4 is 10.6 Å². The van der Waals surface area contributed by atoms with Crippen LogP contribution in [0.5, 0.6) is 0 Å². The molecular formula is C17H28N2O2. The fourth-order valence-corrected chi connectivity index (χ4v) is 1.90. The van der Waals surface area contributed by atoms with Gasteiger partial charge in [-0.05, 0) is 53.1 Å². The van der Waals surface area contributed by atoms with Gasteiger partial charge in [0.15, 0.2) is 0 Å². The molecule has 0 fully saturated rings. The normalized spacial score (nSPS) is 12.0. The number of ether oxygens (including phenoxy) is 1. The van der Waals surface area contributed by atoms with E-state index >= 15 is 0 Å². The van der Waals surface area contributed by atoms with Crippen molar-refractivity contribution in [1.29, 1.82) is 0 Å². The first-order valence-corrected chi connectivity index (χ1v) is 7.44.